The number of rotatable bonds is 3. The van der Waals surface area contributed by atoms with Crippen molar-refractivity contribution in [1.82, 2.24) is 0 Å². The van der Waals surface area contributed by atoms with E-state index in [-0.39, 0.29) is 24.2 Å². The van der Waals surface area contributed by atoms with Gasteiger partial charge >= 0.3 is 0 Å². The highest BCUT2D eigenvalue weighted by Crippen LogP contribution is 2.25. The van der Waals surface area contributed by atoms with E-state index in [9.17, 15) is 4.79 Å². The van der Waals surface area contributed by atoms with Gasteiger partial charge in [-0.25, -0.2) is 0 Å². The topological polar surface area (TPSA) is 32.3 Å². The van der Waals surface area contributed by atoms with Gasteiger partial charge in [0.1, 0.15) is 0 Å². The average Bonchev–Trinajstić information content (AvgIpc) is 2.40. The third-order valence-corrected chi connectivity index (χ3v) is 3.63. The predicted octanol–water partition coefficient (Wildman–Crippen LogP) is 3.69. The molecule has 1 saturated carbocycles. The number of hydrogen-bond donors (Lipinski definition) is 1. The van der Waals surface area contributed by atoms with Crippen molar-refractivity contribution in [2.75, 3.05) is 24.3 Å². The molecule has 1 aromatic carbocycles. The zero-order valence-electron chi connectivity index (χ0n) is 11.7. The molecule has 0 unspecified atom stereocenters. The van der Waals surface area contributed by atoms with Crippen molar-refractivity contribution in [3.05, 3.63) is 24.3 Å². The molecule has 3 nitrogen and oxygen atoms in total. The number of carbonyl (C=O) groups excluding carboxylic acids is 1. The molecule has 1 N–H and O–H groups in total. The SMILES string of the molecule is CN(C)c1ccc(NC(=O)C2CCCCC2)cc1.Cl. The highest BCUT2D eigenvalue weighted by Gasteiger charge is 2.20. The lowest BCUT2D eigenvalue weighted by molar-refractivity contribution is -0.120. The van der Waals surface area contributed by atoms with Crippen LogP contribution in [0.25, 0.3) is 0 Å². The number of nitrogens with one attached hydrogen (secondary N) is 1. The Labute approximate surface area is 121 Å². The first-order chi connectivity index (χ1) is 8.66. The van der Waals surface area contributed by atoms with Crippen LogP contribution < -0.4 is 10.2 Å². The molecule has 2 rings (SSSR count). The zero-order valence-corrected chi connectivity index (χ0v) is 12.5. The minimum absolute atomic E-state index is 0. The van der Waals surface area contributed by atoms with Gasteiger partial charge in [-0.2, -0.15) is 0 Å². The van der Waals surface area contributed by atoms with E-state index in [1.165, 1.54) is 19.3 Å². The molecule has 1 amide bonds. The lowest BCUT2D eigenvalue weighted by atomic mass is 9.88. The van der Waals surface area contributed by atoms with Crippen LogP contribution in [0.15, 0.2) is 24.3 Å². The van der Waals surface area contributed by atoms with Gasteiger partial charge < -0.3 is 10.2 Å². The minimum Gasteiger partial charge on any atom is -0.378 e. The Hall–Kier alpha value is -1.22. The first-order valence-corrected chi connectivity index (χ1v) is 6.75. The lowest BCUT2D eigenvalue weighted by Gasteiger charge is -2.21. The van der Waals surface area contributed by atoms with Gasteiger partial charge in [0.15, 0.2) is 0 Å². The second kappa shape index (κ2) is 7.39. The molecule has 106 valence electrons. The fourth-order valence-electron chi connectivity index (χ4n) is 2.45. The molecule has 1 aliphatic carbocycles. The standard InChI is InChI=1S/C15H22N2O.ClH/c1-17(2)14-10-8-13(9-11-14)16-15(18)12-6-4-3-5-7-12;/h8-12H,3-7H2,1-2H3,(H,16,18);1H. The van der Waals surface area contributed by atoms with Gasteiger partial charge in [0.25, 0.3) is 0 Å². The van der Waals surface area contributed by atoms with Crippen LogP contribution in [-0.2, 0) is 4.79 Å². The van der Waals surface area contributed by atoms with Crippen LogP contribution in [0.5, 0.6) is 0 Å². The normalized spacial score (nSPS) is 15.5. The molecule has 4 heteroatoms. The largest absolute Gasteiger partial charge is 0.378 e. The van der Waals surface area contributed by atoms with Gasteiger partial charge in [0, 0.05) is 31.4 Å². The molecule has 0 aliphatic heterocycles. The lowest BCUT2D eigenvalue weighted by Crippen LogP contribution is -2.24. The molecule has 0 bridgehead atoms. The maximum atomic E-state index is 12.1. The summed E-state index contributed by atoms with van der Waals surface area (Å²) in [4.78, 5) is 14.1. The van der Waals surface area contributed by atoms with E-state index in [1.807, 2.05) is 43.3 Å². The summed E-state index contributed by atoms with van der Waals surface area (Å²) in [5.41, 5.74) is 2.04. The van der Waals surface area contributed by atoms with E-state index in [0.717, 1.165) is 24.2 Å². The number of carbonyl (C=O) groups is 1. The molecule has 19 heavy (non-hydrogen) atoms. The van der Waals surface area contributed by atoms with Crippen LogP contribution in [0.2, 0.25) is 0 Å². The molecular weight excluding hydrogens is 260 g/mol. The van der Waals surface area contributed by atoms with Crippen LogP contribution in [-0.4, -0.2) is 20.0 Å². The number of anilines is 2. The molecule has 0 heterocycles. The third-order valence-electron chi connectivity index (χ3n) is 3.63. The van der Waals surface area contributed by atoms with E-state index >= 15 is 0 Å². The van der Waals surface area contributed by atoms with E-state index in [4.69, 9.17) is 0 Å². The maximum Gasteiger partial charge on any atom is 0.227 e. The first kappa shape index (κ1) is 15.8. The second-order valence-electron chi connectivity index (χ2n) is 5.27. The van der Waals surface area contributed by atoms with E-state index in [1.54, 1.807) is 0 Å². The monoisotopic (exact) mass is 282 g/mol. The number of halogens is 1. The second-order valence-corrected chi connectivity index (χ2v) is 5.27. The van der Waals surface area contributed by atoms with Crippen molar-refractivity contribution in [2.24, 2.45) is 5.92 Å². The molecule has 0 saturated heterocycles. The van der Waals surface area contributed by atoms with Crippen molar-refractivity contribution in [2.45, 2.75) is 32.1 Å². The van der Waals surface area contributed by atoms with Gasteiger partial charge in [-0.15, -0.1) is 12.4 Å². The molecule has 0 radical (unpaired) electrons. The van der Waals surface area contributed by atoms with Gasteiger partial charge in [0.05, 0.1) is 0 Å². The smallest absolute Gasteiger partial charge is 0.227 e. The van der Waals surface area contributed by atoms with E-state index < -0.39 is 0 Å². The van der Waals surface area contributed by atoms with Crippen molar-refractivity contribution in [1.29, 1.82) is 0 Å². The van der Waals surface area contributed by atoms with Crippen molar-refractivity contribution in [3.8, 4) is 0 Å². The Morgan fingerprint density at radius 1 is 1.11 bits per heavy atom. The quantitative estimate of drug-likeness (QED) is 0.917. The Kier molecular flexibility index (Phi) is 6.16. The van der Waals surface area contributed by atoms with Gasteiger partial charge in [-0.1, -0.05) is 19.3 Å². The molecule has 0 atom stereocenters. The summed E-state index contributed by atoms with van der Waals surface area (Å²) < 4.78 is 0. The summed E-state index contributed by atoms with van der Waals surface area (Å²) in [5.74, 6) is 0.402. The fourth-order valence-corrected chi connectivity index (χ4v) is 2.45. The maximum absolute atomic E-state index is 12.1. The van der Waals surface area contributed by atoms with Crippen LogP contribution in [0, 0.1) is 5.92 Å². The summed E-state index contributed by atoms with van der Waals surface area (Å²) in [6.07, 6.45) is 5.75. The van der Waals surface area contributed by atoms with Crippen LogP contribution in [0.1, 0.15) is 32.1 Å². The first-order valence-electron chi connectivity index (χ1n) is 6.75. The Morgan fingerprint density at radius 3 is 2.21 bits per heavy atom. The minimum atomic E-state index is 0. The Morgan fingerprint density at radius 2 is 1.68 bits per heavy atom. The van der Waals surface area contributed by atoms with Crippen molar-refractivity contribution < 1.29 is 4.79 Å². The summed E-state index contributed by atoms with van der Waals surface area (Å²) in [6, 6.07) is 7.99. The molecule has 1 fully saturated rings. The van der Waals surface area contributed by atoms with Crippen LogP contribution in [0.4, 0.5) is 11.4 Å². The average molecular weight is 283 g/mol. The predicted molar refractivity (Wildman–Crippen MR) is 83.2 cm³/mol. The summed E-state index contributed by atoms with van der Waals surface area (Å²) in [5, 5.41) is 3.02. The Bertz CT molecular complexity index is 397. The highest BCUT2D eigenvalue weighted by molar-refractivity contribution is 5.92. The number of hydrogen-bond acceptors (Lipinski definition) is 2. The Balaban J connectivity index is 0.00000180. The molecule has 1 aromatic rings. The van der Waals surface area contributed by atoms with Gasteiger partial charge in [-0.3, -0.25) is 4.79 Å². The number of nitrogens with zero attached hydrogens (tertiary/aromatic N) is 1. The highest BCUT2D eigenvalue weighted by atomic mass is 35.5. The summed E-state index contributed by atoms with van der Waals surface area (Å²) in [6.45, 7) is 0. The molecule has 0 spiro atoms. The summed E-state index contributed by atoms with van der Waals surface area (Å²) >= 11 is 0. The van der Waals surface area contributed by atoms with Gasteiger partial charge in [0.2, 0.25) is 5.91 Å². The van der Waals surface area contributed by atoms with Crippen molar-refractivity contribution in [3.63, 3.8) is 0 Å². The van der Waals surface area contributed by atoms with Crippen molar-refractivity contribution >= 4 is 29.7 Å². The van der Waals surface area contributed by atoms with Gasteiger partial charge in [-0.05, 0) is 37.1 Å². The molecule has 1 aliphatic rings. The third kappa shape index (κ3) is 4.43. The fraction of sp³-hybridized carbons (Fsp3) is 0.533. The molecule has 0 aromatic heterocycles. The number of benzene rings is 1. The molecular formula is C15H23ClN2O. The number of amides is 1. The van der Waals surface area contributed by atoms with E-state index in [2.05, 4.69) is 5.32 Å². The summed E-state index contributed by atoms with van der Waals surface area (Å²) in [7, 11) is 4.02. The zero-order chi connectivity index (χ0) is 13.0. The van der Waals surface area contributed by atoms with Crippen LogP contribution >= 0.6 is 12.4 Å². The van der Waals surface area contributed by atoms with Crippen LogP contribution in [0.3, 0.4) is 0 Å². The van der Waals surface area contributed by atoms with E-state index in [0.29, 0.717) is 0 Å².